The summed E-state index contributed by atoms with van der Waals surface area (Å²) in [6, 6.07) is 7.86. The number of carbonyl (C=O) groups excluding carboxylic acids is 1. The van der Waals surface area contributed by atoms with Crippen LogP contribution in [-0.2, 0) is 10.2 Å². The highest BCUT2D eigenvalue weighted by Gasteiger charge is 2.61. The number of nitrogens with zero attached hydrogens (tertiary/aromatic N) is 2. The Morgan fingerprint density at radius 2 is 1.83 bits per heavy atom. The number of halogens is 3. The summed E-state index contributed by atoms with van der Waals surface area (Å²) in [4.78, 5) is 35.5. The molecule has 0 aliphatic heterocycles. The van der Waals surface area contributed by atoms with Gasteiger partial charge in [0, 0.05) is 34.0 Å². The minimum Gasteiger partial charge on any atom is -0.373 e. The summed E-state index contributed by atoms with van der Waals surface area (Å²) in [6.45, 7) is 5.50. The van der Waals surface area contributed by atoms with Crippen LogP contribution in [-0.4, -0.2) is 32.9 Å². The molecule has 186 valence electrons. The number of carbonyl (C=O) groups is 1. The van der Waals surface area contributed by atoms with E-state index >= 15 is 0 Å². The molecule has 3 aromatic rings. The lowest BCUT2D eigenvalue weighted by Gasteiger charge is -2.36. The van der Waals surface area contributed by atoms with Crippen LogP contribution in [0.25, 0.3) is 10.8 Å². The zero-order valence-corrected chi connectivity index (χ0v) is 19.2. The van der Waals surface area contributed by atoms with Crippen molar-refractivity contribution in [1.29, 1.82) is 0 Å². The number of anilines is 1. The third-order valence-corrected chi connectivity index (χ3v) is 5.84. The van der Waals surface area contributed by atoms with Crippen LogP contribution < -0.4 is 10.9 Å². The molecule has 9 nitrogen and oxygen atoms in total. The quantitative estimate of drug-likeness (QED) is 0.386. The Kier molecular flexibility index (Phi) is 6.47. The first-order valence-electron chi connectivity index (χ1n) is 10.3. The summed E-state index contributed by atoms with van der Waals surface area (Å²) in [5.74, 6) is -1.78. The number of para-hydroxylation sites is 1. The van der Waals surface area contributed by atoms with Crippen LogP contribution in [0.1, 0.15) is 37.1 Å². The van der Waals surface area contributed by atoms with E-state index in [9.17, 15) is 38.0 Å². The monoisotopic (exact) mass is 493 g/mol. The number of aromatic nitrogens is 1. The highest BCUT2D eigenvalue weighted by molar-refractivity contribution is 5.99. The van der Waals surface area contributed by atoms with Crippen LogP contribution in [0.5, 0.6) is 0 Å². The molecule has 1 aromatic heterocycles. The number of alkyl halides is 3. The first-order chi connectivity index (χ1) is 16.1. The van der Waals surface area contributed by atoms with Crippen molar-refractivity contribution in [3.8, 4) is 0 Å². The highest BCUT2D eigenvalue weighted by Crippen LogP contribution is 2.44. The molecule has 0 bridgehead atoms. The van der Waals surface area contributed by atoms with Gasteiger partial charge in [-0.3, -0.25) is 14.9 Å². The molecule has 3 rings (SSSR count). The normalized spacial score (nSPS) is 13.9. The molecule has 0 fully saturated rings. The molecule has 0 spiro atoms. The van der Waals surface area contributed by atoms with Crippen LogP contribution in [0.4, 0.5) is 24.5 Å². The summed E-state index contributed by atoms with van der Waals surface area (Å²) in [7, 11) is 0. The van der Waals surface area contributed by atoms with Crippen molar-refractivity contribution in [2.75, 3.05) is 5.32 Å². The second-order valence-corrected chi connectivity index (χ2v) is 8.92. The van der Waals surface area contributed by atoms with E-state index < -0.39 is 45.8 Å². The molecule has 0 saturated heterocycles. The molecule has 2 N–H and O–H groups in total. The number of benzene rings is 2. The van der Waals surface area contributed by atoms with Gasteiger partial charge in [0.15, 0.2) is 0 Å². The smallest absolute Gasteiger partial charge is 0.373 e. The molecule has 1 unspecified atom stereocenters. The van der Waals surface area contributed by atoms with Gasteiger partial charge in [0.25, 0.3) is 11.6 Å². The van der Waals surface area contributed by atoms with Gasteiger partial charge in [0.2, 0.25) is 5.60 Å². The lowest BCUT2D eigenvalue weighted by molar-refractivity contribution is -0.386. The van der Waals surface area contributed by atoms with Crippen molar-refractivity contribution < 1.29 is 32.5 Å². The maximum Gasteiger partial charge on any atom is 0.426 e. The van der Waals surface area contributed by atoms with E-state index in [1.165, 1.54) is 64.1 Å². The Bertz CT molecular complexity index is 1380. The van der Waals surface area contributed by atoms with Gasteiger partial charge in [-0.25, -0.2) is 4.79 Å². The summed E-state index contributed by atoms with van der Waals surface area (Å²) < 4.78 is 46.9. The molecule has 1 atom stereocenters. The number of hydrogen-bond donors (Lipinski definition) is 2. The van der Waals surface area contributed by atoms with E-state index in [4.69, 9.17) is 0 Å². The third-order valence-electron chi connectivity index (χ3n) is 5.84. The summed E-state index contributed by atoms with van der Waals surface area (Å²) in [5.41, 5.74) is -6.39. The van der Waals surface area contributed by atoms with Crippen molar-refractivity contribution in [3.05, 3.63) is 73.8 Å². The van der Waals surface area contributed by atoms with Crippen molar-refractivity contribution in [1.82, 2.24) is 5.16 Å². The van der Waals surface area contributed by atoms with Gasteiger partial charge in [-0.05, 0) is 32.0 Å². The molecule has 0 radical (unpaired) electrons. The molecular weight excluding hydrogens is 471 g/mol. The van der Waals surface area contributed by atoms with Gasteiger partial charge in [-0.15, -0.1) is 0 Å². The first kappa shape index (κ1) is 25.8. The zero-order chi connectivity index (χ0) is 26.3. The predicted octanol–water partition coefficient (Wildman–Crippen LogP) is 4.31. The highest BCUT2D eigenvalue weighted by atomic mass is 19.4. The second kappa shape index (κ2) is 8.77. The van der Waals surface area contributed by atoms with Gasteiger partial charge < -0.3 is 14.9 Å². The van der Waals surface area contributed by atoms with E-state index in [-0.39, 0.29) is 33.3 Å². The predicted molar refractivity (Wildman–Crippen MR) is 120 cm³/mol. The number of hydrogen-bond acceptors (Lipinski definition) is 7. The lowest BCUT2D eigenvalue weighted by atomic mass is 9.73. The molecular formula is C23H22F3N3O6. The Hall–Kier alpha value is -3.80. The van der Waals surface area contributed by atoms with Crippen molar-refractivity contribution in [2.24, 2.45) is 0 Å². The summed E-state index contributed by atoms with van der Waals surface area (Å²) in [5, 5.41) is 28.2. The van der Waals surface area contributed by atoms with Crippen LogP contribution >= 0.6 is 0 Å². The van der Waals surface area contributed by atoms with Crippen LogP contribution in [0.2, 0.25) is 0 Å². The van der Waals surface area contributed by atoms with Gasteiger partial charge in [-0.2, -0.15) is 13.2 Å². The Labute approximate surface area is 196 Å². The third kappa shape index (κ3) is 4.74. The van der Waals surface area contributed by atoms with Gasteiger partial charge in [-0.1, -0.05) is 37.2 Å². The minimum atomic E-state index is -5.41. The lowest BCUT2D eigenvalue weighted by Crippen LogP contribution is -2.57. The van der Waals surface area contributed by atoms with Crippen LogP contribution in [0.3, 0.4) is 0 Å². The average Bonchev–Trinajstić information content (AvgIpc) is 2.74. The number of aryl methyl sites for hydroxylation is 2. The maximum atomic E-state index is 14.1. The largest absolute Gasteiger partial charge is 0.426 e. The van der Waals surface area contributed by atoms with E-state index in [1.807, 2.05) is 5.32 Å². The SMILES string of the molecule is Cc1cccc(C(C)(C)CC(O)(C(=O)Nc2ccc3c(=O)onc(C)c3c2)C(F)(F)F)c1[N+](=O)[O-]. The second-order valence-electron chi connectivity index (χ2n) is 8.92. The molecule has 0 aliphatic carbocycles. The number of nitrogens with one attached hydrogen (secondary N) is 1. The molecule has 12 heteroatoms. The Morgan fingerprint density at radius 1 is 1.17 bits per heavy atom. The fourth-order valence-corrected chi connectivity index (χ4v) is 4.03. The molecule has 0 saturated carbocycles. The van der Waals surface area contributed by atoms with Crippen LogP contribution in [0.15, 0.2) is 45.7 Å². The fraction of sp³-hybridized carbons (Fsp3) is 0.348. The number of amides is 1. The standard InChI is InChI=1S/C23H22F3N3O6/c1-12-6-5-7-17(18(12)29(33)34)21(3,4)11-22(32,23(24,25)26)20(31)27-14-8-9-15-16(10-14)13(2)28-35-19(15)30/h5-10,32H,11H2,1-4H3,(H,27,31). The van der Waals surface area contributed by atoms with Gasteiger partial charge in [0.05, 0.1) is 16.0 Å². The molecule has 35 heavy (non-hydrogen) atoms. The van der Waals surface area contributed by atoms with E-state index in [0.717, 1.165) is 0 Å². The molecule has 1 heterocycles. The summed E-state index contributed by atoms with van der Waals surface area (Å²) in [6.07, 6.45) is -6.61. The minimum absolute atomic E-state index is 0.0582. The van der Waals surface area contributed by atoms with Gasteiger partial charge >= 0.3 is 11.8 Å². The number of fused-ring (bicyclic) bond motifs is 1. The number of nitro groups is 1. The number of aliphatic hydroxyl groups is 1. The molecule has 2 aromatic carbocycles. The molecule has 1 amide bonds. The van der Waals surface area contributed by atoms with Crippen molar-refractivity contribution in [2.45, 2.75) is 51.3 Å². The average molecular weight is 493 g/mol. The molecule has 0 aliphatic rings. The summed E-state index contributed by atoms with van der Waals surface area (Å²) >= 11 is 0. The Balaban J connectivity index is 2.03. The van der Waals surface area contributed by atoms with E-state index in [2.05, 4.69) is 9.68 Å². The van der Waals surface area contributed by atoms with E-state index in [1.54, 1.807) is 0 Å². The fourth-order valence-electron chi connectivity index (χ4n) is 4.03. The zero-order valence-electron chi connectivity index (χ0n) is 19.2. The maximum absolute atomic E-state index is 14.1. The van der Waals surface area contributed by atoms with Crippen molar-refractivity contribution >= 4 is 28.1 Å². The topological polar surface area (TPSA) is 136 Å². The van der Waals surface area contributed by atoms with Crippen molar-refractivity contribution in [3.63, 3.8) is 0 Å². The van der Waals surface area contributed by atoms with E-state index in [0.29, 0.717) is 0 Å². The van der Waals surface area contributed by atoms with Crippen LogP contribution in [0, 0.1) is 24.0 Å². The number of rotatable bonds is 6. The Morgan fingerprint density at radius 3 is 2.43 bits per heavy atom. The van der Waals surface area contributed by atoms with Gasteiger partial charge in [0.1, 0.15) is 0 Å². The first-order valence-corrected chi connectivity index (χ1v) is 10.3. The number of nitro benzene ring substituents is 1.